The molecule has 1 N–H and O–H groups in total. The first-order valence-corrected chi connectivity index (χ1v) is 8.24. The maximum atomic E-state index is 12.7. The zero-order chi connectivity index (χ0) is 15.0. The van der Waals surface area contributed by atoms with Gasteiger partial charge in [0.25, 0.3) is 5.91 Å². The fraction of sp³-hybridized carbons (Fsp3) is 0.875. The van der Waals surface area contributed by atoms with Gasteiger partial charge in [-0.05, 0) is 50.9 Å². The Morgan fingerprint density at radius 3 is 2.62 bits per heavy atom. The molecule has 5 nitrogen and oxygen atoms in total. The van der Waals surface area contributed by atoms with Gasteiger partial charge in [0, 0.05) is 6.04 Å². The molecule has 3 aliphatic rings. The minimum Gasteiger partial charge on any atom is -0.480 e. The first kappa shape index (κ1) is 14.8. The Kier molecular flexibility index (Phi) is 4.20. The monoisotopic (exact) mass is 295 g/mol. The van der Waals surface area contributed by atoms with E-state index in [-0.39, 0.29) is 11.9 Å². The van der Waals surface area contributed by atoms with Crippen LogP contribution in [-0.2, 0) is 14.3 Å². The second-order valence-corrected chi connectivity index (χ2v) is 6.87. The minimum atomic E-state index is -0.868. The molecule has 1 saturated heterocycles. The summed E-state index contributed by atoms with van der Waals surface area (Å²) in [5.41, 5.74) is 0. The third-order valence-electron chi connectivity index (χ3n) is 5.25. The summed E-state index contributed by atoms with van der Waals surface area (Å²) in [7, 11) is 0. The predicted molar refractivity (Wildman–Crippen MR) is 76.8 cm³/mol. The molecule has 118 valence electrons. The summed E-state index contributed by atoms with van der Waals surface area (Å²) in [5.74, 6) is -0.0273. The van der Waals surface area contributed by atoms with Crippen molar-refractivity contribution in [3.05, 3.63) is 0 Å². The molecule has 0 aromatic heterocycles. The fourth-order valence-electron chi connectivity index (χ4n) is 3.84. The molecule has 0 aromatic carbocycles. The van der Waals surface area contributed by atoms with Crippen LogP contribution in [0.25, 0.3) is 0 Å². The molecular weight excluding hydrogens is 270 g/mol. The maximum absolute atomic E-state index is 12.7. The number of carbonyl (C=O) groups excluding carboxylic acids is 1. The maximum Gasteiger partial charge on any atom is 0.326 e. The van der Waals surface area contributed by atoms with Gasteiger partial charge in [-0.25, -0.2) is 4.79 Å². The average molecular weight is 295 g/mol. The molecule has 0 radical (unpaired) electrons. The van der Waals surface area contributed by atoms with Crippen LogP contribution in [0.2, 0.25) is 0 Å². The van der Waals surface area contributed by atoms with E-state index in [0.29, 0.717) is 24.9 Å². The molecule has 21 heavy (non-hydrogen) atoms. The number of carboxylic acids is 1. The fourth-order valence-corrected chi connectivity index (χ4v) is 3.84. The van der Waals surface area contributed by atoms with Crippen LogP contribution in [0.15, 0.2) is 0 Å². The zero-order valence-electron chi connectivity index (χ0n) is 12.7. The van der Waals surface area contributed by atoms with E-state index in [9.17, 15) is 14.7 Å². The van der Waals surface area contributed by atoms with Crippen molar-refractivity contribution in [1.82, 2.24) is 4.90 Å². The summed E-state index contributed by atoms with van der Waals surface area (Å²) >= 11 is 0. The van der Waals surface area contributed by atoms with Crippen molar-refractivity contribution in [3.63, 3.8) is 0 Å². The van der Waals surface area contributed by atoms with Crippen LogP contribution in [0.5, 0.6) is 0 Å². The normalized spacial score (nSPS) is 33.6. The number of carbonyl (C=O) groups is 2. The van der Waals surface area contributed by atoms with Crippen molar-refractivity contribution in [2.75, 3.05) is 6.61 Å². The van der Waals surface area contributed by atoms with E-state index in [1.807, 2.05) is 0 Å². The molecule has 5 heteroatoms. The van der Waals surface area contributed by atoms with Crippen LogP contribution in [0.1, 0.15) is 51.9 Å². The Hall–Kier alpha value is -1.10. The number of ether oxygens (including phenoxy) is 1. The Balaban J connectivity index is 1.68. The second-order valence-electron chi connectivity index (χ2n) is 6.87. The largest absolute Gasteiger partial charge is 0.480 e. The highest BCUT2D eigenvalue weighted by molar-refractivity contribution is 5.87. The lowest BCUT2D eigenvalue weighted by Crippen LogP contribution is -2.50. The molecule has 3 rings (SSSR count). The Morgan fingerprint density at radius 1 is 1.24 bits per heavy atom. The number of likely N-dealkylation sites (tertiary alicyclic amines) is 1. The van der Waals surface area contributed by atoms with Gasteiger partial charge in [-0.3, -0.25) is 4.79 Å². The molecular formula is C16H25NO4. The number of hydrogen-bond acceptors (Lipinski definition) is 3. The third kappa shape index (κ3) is 3.07. The Bertz CT molecular complexity index is 421. The van der Waals surface area contributed by atoms with Crippen LogP contribution in [0.4, 0.5) is 0 Å². The smallest absolute Gasteiger partial charge is 0.326 e. The topological polar surface area (TPSA) is 66.8 Å². The second kappa shape index (κ2) is 5.95. The molecule has 2 saturated carbocycles. The lowest BCUT2D eigenvalue weighted by Gasteiger charge is -2.34. The van der Waals surface area contributed by atoms with Crippen LogP contribution < -0.4 is 0 Å². The zero-order valence-corrected chi connectivity index (χ0v) is 12.7. The average Bonchev–Trinajstić information content (AvgIpc) is 3.22. The van der Waals surface area contributed by atoms with E-state index in [4.69, 9.17) is 4.74 Å². The summed E-state index contributed by atoms with van der Waals surface area (Å²) in [6, 6.07) is -0.545. The first-order valence-electron chi connectivity index (χ1n) is 8.24. The standard InChI is InChI=1S/C16H25NO4/c1-10(21-9-11-6-7-11)15(18)17-13-5-3-2-4-12(13)8-14(17)16(19)20/h10-14H,2-9H2,1H3,(H,19,20)/t10-,12+,13+,14-/m0/s1. The van der Waals surface area contributed by atoms with E-state index in [2.05, 4.69) is 0 Å². The molecule has 1 heterocycles. The summed E-state index contributed by atoms with van der Waals surface area (Å²) < 4.78 is 5.66. The van der Waals surface area contributed by atoms with Crippen LogP contribution >= 0.6 is 0 Å². The lowest BCUT2D eigenvalue weighted by molar-refractivity contribution is -0.155. The summed E-state index contributed by atoms with van der Waals surface area (Å²) in [5, 5.41) is 9.45. The first-order chi connectivity index (χ1) is 10.1. The molecule has 0 aromatic rings. The van der Waals surface area contributed by atoms with Crippen molar-refractivity contribution >= 4 is 11.9 Å². The van der Waals surface area contributed by atoms with E-state index in [0.717, 1.165) is 25.7 Å². The van der Waals surface area contributed by atoms with Gasteiger partial charge in [0.05, 0.1) is 6.61 Å². The van der Waals surface area contributed by atoms with Gasteiger partial charge in [0.1, 0.15) is 12.1 Å². The van der Waals surface area contributed by atoms with Crippen molar-refractivity contribution in [1.29, 1.82) is 0 Å². The van der Waals surface area contributed by atoms with Crippen LogP contribution in [0, 0.1) is 11.8 Å². The van der Waals surface area contributed by atoms with E-state index >= 15 is 0 Å². The molecule has 3 fully saturated rings. The van der Waals surface area contributed by atoms with Gasteiger partial charge in [0.2, 0.25) is 0 Å². The predicted octanol–water partition coefficient (Wildman–Crippen LogP) is 2.05. The van der Waals surface area contributed by atoms with Crippen molar-refractivity contribution in [3.8, 4) is 0 Å². The molecule has 4 atom stereocenters. The highest BCUT2D eigenvalue weighted by Gasteiger charge is 2.48. The highest BCUT2D eigenvalue weighted by atomic mass is 16.5. The number of fused-ring (bicyclic) bond motifs is 1. The SMILES string of the molecule is C[C@H](OCC1CC1)C(=O)N1[C@@H]2CCCC[C@@H]2C[C@H]1C(=O)O. The van der Waals surface area contributed by atoms with Crippen LogP contribution in [-0.4, -0.2) is 46.7 Å². The van der Waals surface area contributed by atoms with Gasteiger partial charge >= 0.3 is 5.97 Å². The number of hydrogen-bond donors (Lipinski definition) is 1. The summed E-state index contributed by atoms with van der Waals surface area (Å²) in [4.78, 5) is 25.9. The van der Waals surface area contributed by atoms with E-state index in [1.165, 1.54) is 12.8 Å². The summed E-state index contributed by atoms with van der Waals surface area (Å²) in [6.07, 6.45) is 6.71. The number of amides is 1. The van der Waals surface area contributed by atoms with Crippen LogP contribution in [0.3, 0.4) is 0 Å². The molecule has 1 aliphatic heterocycles. The number of rotatable bonds is 5. The van der Waals surface area contributed by atoms with Gasteiger partial charge in [-0.15, -0.1) is 0 Å². The number of carboxylic acid groups (broad SMARTS) is 1. The molecule has 0 unspecified atom stereocenters. The van der Waals surface area contributed by atoms with Gasteiger partial charge in [-0.1, -0.05) is 12.8 Å². The Labute approximate surface area is 125 Å². The quantitative estimate of drug-likeness (QED) is 0.843. The minimum absolute atomic E-state index is 0.110. The number of aliphatic carboxylic acids is 1. The Morgan fingerprint density at radius 2 is 1.95 bits per heavy atom. The van der Waals surface area contributed by atoms with Gasteiger partial charge in [0.15, 0.2) is 0 Å². The van der Waals surface area contributed by atoms with E-state index < -0.39 is 18.1 Å². The molecule has 2 aliphatic carbocycles. The van der Waals surface area contributed by atoms with E-state index in [1.54, 1.807) is 11.8 Å². The van der Waals surface area contributed by atoms with Crippen molar-refractivity contribution < 1.29 is 19.4 Å². The van der Waals surface area contributed by atoms with Crippen molar-refractivity contribution in [2.45, 2.75) is 70.1 Å². The molecule has 0 spiro atoms. The van der Waals surface area contributed by atoms with Gasteiger partial charge < -0.3 is 14.7 Å². The number of nitrogens with zero attached hydrogens (tertiary/aromatic N) is 1. The molecule has 1 amide bonds. The van der Waals surface area contributed by atoms with Gasteiger partial charge in [-0.2, -0.15) is 0 Å². The summed E-state index contributed by atoms with van der Waals surface area (Å²) in [6.45, 7) is 2.40. The van der Waals surface area contributed by atoms with Crippen molar-refractivity contribution in [2.24, 2.45) is 11.8 Å². The molecule has 0 bridgehead atoms. The third-order valence-corrected chi connectivity index (χ3v) is 5.25. The highest BCUT2D eigenvalue weighted by Crippen LogP contribution is 2.40. The lowest BCUT2D eigenvalue weighted by atomic mass is 9.84.